The first-order valence-corrected chi connectivity index (χ1v) is 6.98. The summed E-state index contributed by atoms with van der Waals surface area (Å²) in [7, 11) is 0. The van der Waals surface area contributed by atoms with Gasteiger partial charge in [0.25, 0.3) is 5.56 Å². The number of anilines is 1. The number of nitrogens with one attached hydrogen (secondary N) is 2. The van der Waals surface area contributed by atoms with E-state index in [4.69, 9.17) is 11.6 Å². The number of halogens is 1. The zero-order chi connectivity index (χ0) is 14.8. The van der Waals surface area contributed by atoms with Crippen LogP contribution in [0.15, 0.2) is 47.4 Å². The smallest absolute Gasteiger partial charge is 0.253 e. The van der Waals surface area contributed by atoms with Crippen molar-refractivity contribution in [1.82, 2.24) is 9.97 Å². The molecular formula is C16H14ClN3O. The summed E-state index contributed by atoms with van der Waals surface area (Å²) < 4.78 is 0. The lowest BCUT2D eigenvalue weighted by Gasteiger charge is -2.09. The van der Waals surface area contributed by atoms with Crippen molar-refractivity contribution < 1.29 is 0 Å². The molecule has 0 amide bonds. The lowest BCUT2D eigenvalue weighted by atomic mass is 10.1. The van der Waals surface area contributed by atoms with Crippen LogP contribution in [0, 0.1) is 6.92 Å². The first kappa shape index (κ1) is 13.6. The van der Waals surface area contributed by atoms with Gasteiger partial charge in [0.15, 0.2) is 5.15 Å². The lowest BCUT2D eigenvalue weighted by molar-refractivity contribution is 1.08. The van der Waals surface area contributed by atoms with Crippen molar-refractivity contribution in [3.63, 3.8) is 0 Å². The fourth-order valence-corrected chi connectivity index (χ4v) is 2.36. The van der Waals surface area contributed by atoms with Crippen molar-refractivity contribution in [3.8, 4) is 0 Å². The van der Waals surface area contributed by atoms with Gasteiger partial charge in [-0.2, -0.15) is 0 Å². The molecule has 3 aromatic rings. The summed E-state index contributed by atoms with van der Waals surface area (Å²) >= 11 is 6.04. The van der Waals surface area contributed by atoms with Crippen LogP contribution in [0.5, 0.6) is 0 Å². The van der Waals surface area contributed by atoms with Crippen molar-refractivity contribution >= 4 is 28.2 Å². The number of aromatic nitrogens is 2. The molecule has 3 rings (SSSR count). The largest absolute Gasteiger partial charge is 0.378 e. The van der Waals surface area contributed by atoms with Crippen LogP contribution in [0.2, 0.25) is 5.15 Å². The number of aromatic amines is 1. The Balaban J connectivity index is 1.90. The van der Waals surface area contributed by atoms with Gasteiger partial charge in [0.1, 0.15) is 0 Å². The Morgan fingerprint density at radius 3 is 2.95 bits per heavy atom. The summed E-state index contributed by atoms with van der Waals surface area (Å²) in [5.41, 5.74) is 3.13. The second-order valence-corrected chi connectivity index (χ2v) is 5.27. The third kappa shape index (κ3) is 2.90. The zero-order valence-electron chi connectivity index (χ0n) is 11.5. The van der Waals surface area contributed by atoms with E-state index in [0.717, 1.165) is 22.2 Å². The molecular weight excluding hydrogens is 286 g/mol. The third-order valence-corrected chi connectivity index (χ3v) is 3.58. The van der Waals surface area contributed by atoms with Gasteiger partial charge < -0.3 is 10.3 Å². The molecule has 2 aromatic heterocycles. The minimum Gasteiger partial charge on any atom is -0.378 e. The fraction of sp³-hybridized carbons (Fsp3) is 0.125. The van der Waals surface area contributed by atoms with Crippen molar-refractivity contribution in [3.05, 3.63) is 69.2 Å². The molecule has 0 spiro atoms. The minimum absolute atomic E-state index is 0.0991. The van der Waals surface area contributed by atoms with Gasteiger partial charge in [0, 0.05) is 23.8 Å². The average molecular weight is 300 g/mol. The molecule has 4 nitrogen and oxygen atoms in total. The Labute approximate surface area is 126 Å². The molecule has 0 aliphatic carbocycles. The van der Waals surface area contributed by atoms with E-state index in [0.29, 0.717) is 17.3 Å². The monoisotopic (exact) mass is 299 g/mol. The molecule has 1 aromatic carbocycles. The maximum Gasteiger partial charge on any atom is 0.253 e. The van der Waals surface area contributed by atoms with E-state index in [-0.39, 0.29) is 5.56 Å². The van der Waals surface area contributed by atoms with E-state index in [1.807, 2.05) is 43.3 Å². The minimum atomic E-state index is -0.0991. The Bertz CT molecular complexity index is 858. The molecule has 2 heterocycles. The Hall–Kier alpha value is -2.33. The molecule has 106 valence electrons. The van der Waals surface area contributed by atoms with Gasteiger partial charge in [0.2, 0.25) is 0 Å². The second kappa shape index (κ2) is 5.58. The van der Waals surface area contributed by atoms with Crippen molar-refractivity contribution in [2.45, 2.75) is 13.5 Å². The van der Waals surface area contributed by atoms with Gasteiger partial charge in [-0.15, -0.1) is 0 Å². The van der Waals surface area contributed by atoms with Crippen molar-refractivity contribution in [2.24, 2.45) is 0 Å². The van der Waals surface area contributed by atoms with Crippen LogP contribution in [-0.2, 0) is 6.54 Å². The number of fused-ring (bicyclic) bond motifs is 1. The lowest BCUT2D eigenvalue weighted by Crippen LogP contribution is -2.15. The number of para-hydroxylation sites is 1. The van der Waals surface area contributed by atoms with Gasteiger partial charge in [-0.3, -0.25) is 4.79 Å². The van der Waals surface area contributed by atoms with Gasteiger partial charge in [-0.05, 0) is 36.1 Å². The second-order valence-electron chi connectivity index (χ2n) is 4.92. The normalized spacial score (nSPS) is 10.8. The number of aryl methyl sites for hydroxylation is 1. The molecule has 0 saturated carbocycles. The molecule has 2 N–H and O–H groups in total. The molecule has 5 heteroatoms. The molecule has 21 heavy (non-hydrogen) atoms. The van der Waals surface area contributed by atoms with E-state index in [2.05, 4.69) is 15.3 Å². The predicted octanol–water partition coefficient (Wildman–Crippen LogP) is 3.50. The number of rotatable bonds is 3. The number of nitrogens with zero attached hydrogens (tertiary/aromatic N) is 1. The quantitative estimate of drug-likeness (QED) is 0.728. The van der Waals surface area contributed by atoms with Crippen LogP contribution in [0.1, 0.15) is 11.1 Å². The highest BCUT2D eigenvalue weighted by molar-refractivity contribution is 6.31. The molecule has 0 atom stereocenters. The maximum absolute atomic E-state index is 12.1. The molecule has 0 aliphatic heterocycles. The molecule has 0 unspecified atom stereocenters. The van der Waals surface area contributed by atoms with Crippen LogP contribution in [0.3, 0.4) is 0 Å². The van der Waals surface area contributed by atoms with E-state index >= 15 is 0 Å². The van der Waals surface area contributed by atoms with Crippen LogP contribution in [0.4, 0.5) is 5.69 Å². The van der Waals surface area contributed by atoms with Crippen molar-refractivity contribution in [2.75, 3.05) is 5.32 Å². The van der Waals surface area contributed by atoms with Gasteiger partial charge in [-0.1, -0.05) is 29.8 Å². The highest BCUT2D eigenvalue weighted by atomic mass is 35.5. The Morgan fingerprint density at radius 1 is 1.29 bits per heavy atom. The molecule has 0 radical (unpaired) electrons. The molecule has 0 aliphatic rings. The maximum atomic E-state index is 12.1. The topological polar surface area (TPSA) is 57.8 Å². The number of pyridine rings is 2. The summed E-state index contributed by atoms with van der Waals surface area (Å²) in [6, 6.07) is 11.5. The summed E-state index contributed by atoms with van der Waals surface area (Å²) in [6.07, 6.45) is 1.70. The van der Waals surface area contributed by atoms with Gasteiger partial charge >= 0.3 is 0 Å². The van der Waals surface area contributed by atoms with E-state index < -0.39 is 0 Å². The predicted molar refractivity (Wildman–Crippen MR) is 85.9 cm³/mol. The van der Waals surface area contributed by atoms with Gasteiger partial charge in [0.05, 0.1) is 5.69 Å². The summed E-state index contributed by atoms with van der Waals surface area (Å²) in [4.78, 5) is 19.0. The first-order chi connectivity index (χ1) is 10.1. The summed E-state index contributed by atoms with van der Waals surface area (Å²) in [5.74, 6) is 0. The van der Waals surface area contributed by atoms with E-state index in [1.165, 1.54) is 0 Å². The molecule has 0 saturated heterocycles. The van der Waals surface area contributed by atoms with Crippen LogP contribution < -0.4 is 10.9 Å². The highest BCUT2D eigenvalue weighted by Gasteiger charge is 2.05. The van der Waals surface area contributed by atoms with Crippen LogP contribution >= 0.6 is 11.6 Å². The Morgan fingerprint density at radius 2 is 2.10 bits per heavy atom. The Kier molecular flexibility index (Phi) is 3.62. The summed E-state index contributed by atoms with van der Waals surface area (Å²) in [6.45, 7) is 2.34. The number of hydrogen-bond donors (Lipinski definition) is 2. The van der Waals surface area contributed by atoms with E-state index in [1.54, 1.807) is 6.20 Å². The SMILES string of the molecule is Cc1cnc(Cl)c(NCc2cc3ccccc3[nH]c2=O)c1. The van der Waals surface area contributed by atoms with Gasteiger partial charge in [-0.25, -0.2) is 4.98 Å². The standard InChI is InChI=1S/C16H14ClN3O/c1-10-6-14(15(17)19-8-10)18-9-12-7-11-4-2-3-5-13(11)20-16(12)21/h2-8,18H,9H2,1H3,(H,20,21). The van der Waals surface area contributed by atoms with Crippen molar-refractivity contribution in [1.29, 1.82) is 0 Å². The first-order valence-electron chi connectivity index (χ1n) is 6.60. The number of benzene rings is 1. The highest BCUT2D eigenvalue weighted by Crippen LogP contribution is 2.20. The fourth-order valence-electron chi connectivity index (χ4n) is 2.19. The van der Waals surface area contributed by atoms with Crippen LogP contribution in [0.25, 0.3) is 10.9 Å². The number of hydrogen-bond acceptors (Lipinski definition) is 3. The zero-order valence-corrected chi connectivity index (χ0v) is 12.2. The number of H-pyrrole nitrogens is 1. The average Bonchev–Trinajstić information content (AvgIpc) is 2.48. The third-order valence-electron chi connectivity index (χ3n) is 3.28. The molecule has 0 fully saturated rings. The van der Waals surface area contributed by atoms with E-state index in [9.17, 15) is 4.79 Å². The summed E-state index contributed by atoms with van der Waals surface area (Å²) in [5, 5.41) is 4.56. The molecule has 0 bridgehead atoms. The van der Waals surface area contributed by atoms with Crippen LogP contribution in [-0.4, -0.2) is 9.97 Å².